The Hall–Kier alpha value is -0.820. The average molecular weight is 220 g/mol. The lowest BCUT2D eigenvalue weighted by Crippen LogP contribution is -2.27. The van der Waals surface area contributed by atoms with E-state index in [-0.39, 0.29) is 5.60 Å². The fraction of sp³-hybridized carbons (Fsp3) is 0.600. The third-order valence-electron chi connectivity index (χ3n) is 2.57. The summed E-state index contributed by atoms with van der Waals surface area (Å²) >= 11 is 0. The highest BCUT2D eigenvalue weighted by molar-refractivity contribution is 5.14. The van der Waals surface area contributed by atoms with E-state index in [9.17, 15) is 0 Å². The minimum absolute atomic E-state index is 0.0304. The van der Waals surface area contributed by atoms with Gasteiger partial charge in [-0.3, -0.25) is 0 Å². The number of hydrogen-bond donors (Lipinski definition) is 0. The lowest BCUT2D eigenvalue weighted by atomic mass is 10.0. The van der Waals surface area contributed by atoms with Crippen molar-refractivity contribution in [3.8, 4) is 0 Å². The van der Waals surface area contributed by atoms with Gasteiger partial charge < -0.3 is 4.74 Å². The second-order valence-electron chi connectivity index (χ2n) is 5.28. The summed E-state index contributed by atoms with van der Waals surface area (Å²) in [5.41, 5.74) is 1.37. The van der Waals surface area contributed by atoms with Gasteiger partial charge in [0.2, 0.25) is 0 Å². The zero-order chi connectivity index (χ0) is 12.0. The Kier molecular flexibility index (Phi) is 5.01. The Labute approximate surface area is 99.8 Å². The molecule has 1 heteroatoms. The van der Waals surface area contributed by atoms with Crippen LogP contribution < -0.4 is 0 Å². The Morgan fingerprint density at radius 1 is 1.12 bits per heavy atom. The molecular weight excluding hydrogens is 196 g/mol. The lowest BCUT2D eigenvalue weighted by molar-refractivity contribution is -0.0639. The molecule has 0 fully saturated rings. The quantitative estimate of drug-likeness (QED) is 0.722. The van der Waals surface area contributed by atoms with E-state index in [2.05, 4.69) is 58.0 Å². The summed E-state index contributed by atoms with van der Waals surface area (Å²) in [5.74, 6) is 0. The van der Waals surface area contributed by atoms with Crippen molar-refractivity contribution in [2.45, 2.75) is 58.7 Å². The summed E-state index contributed by atoms with van der Waals surface area (Å²) < 4.78 is 6.01. The van der Waals surface area contributed by atoms with Crippen LogP contribution in [-0.4, -0.2) is 11.7 Å². The molecule has 1 unspecified atom stereocenters. The van der Waals surface area contributed by atoms with Crippen LogP contribution in [0, 0.1) is 0 Å². The summed E-state index contributed by atoms with van der Waals surface area (Å²) in [5, 5.41) is 0. The molecular formula is C15H24O. The first-order valence-electron chi connectivity index (χ1n) is 6.23. The smallest absolute Gasteiger partial charge is 0.0602 e. The van der Waals surface area contributed by atoms with Crippen molar-refractivity contribution in [3.63, 3.8) is 0 Å². The molecule has 0 aromatic heterocycles. The summed E-state index contributed by atoms with van der Waals surface area (Å²) in [6, 6.07) is 10.6. The van der Waals surface area contributed by atoms with Gasteiger partial charge in [0.15, 0.2) is 0 Å². The molecule has 0 radical (unpaired) electrons. The zero-order valence-electron chi connectivity index (χ0n) is 11.0. The average Bonchev–Trinajstić information content (AvgIpc) is 2.24. The molecule has 16 heavy (non-hydrogen) atoms. The summed E-state index contributed by atoms with van der Waals surface area (Å²) in [4.78, 5) is 0. The molecule has 0 saturated carbocycles. The van der Waals surface area contributed by atoms with Gasteiger partial charge in [-0.2, -0.15) is 0 Å². The molecule has 0 N–H and O–H groups in total. The standard InChI is InChI=1S/C15H24O/c1-5-14(16-15(2,3)4)12-11-13-9-7-6-8-10-13/h6-10,14H,5,11-12H2,1-4H3. The molecule has 0 saturated heterocycles. The van der Waals surface area contributed by atoms with E-state index in [4.69, 9.17) is 4.74 Å². The highest BCUT2D eigenvalue weighted by atomic mass is 16.5. The van der Waals surface area contributed by atoms with Crippen molar-refractivity contribution in [3.05, 3.63) is 35.9 Å². The van der Waals surface area contributed by atoms with Crippen LogP contribution in [0.15, 0.2) is 30.3 Å². The summed E-state index contributed by atoms with van der Waals surface area (Å²) in [7, 11) is 0. The molecule has 1 aromatic carbocycles. The van der Waals surface area contributed by atoms with Crippen LogP contribution in [0.5, 0.6) is 0 Å². The second kappa shape index (κ2) is 6.05. The van der Waals surface area contributed by atoms with E-state index < -0.39 is 0 Å². The minimum atomic E-state index is -0.0304. The molecule has 1 rings (SSSR count). The van der Waals surface area contributed by atoms with E-state index in [1.165, 1.54) is 5.56 Å². The topological polar surface area (TPSA) is 9.23 Å². The maximum absolute atomic E-state index is 6.01. The van der Waals surface area contributed by atoms with Gasteiger partial charge in [-0.05, 0) is 45.6 Å². The molecule has 0 spiro atoms. The fourth-order valence-electron chi connectivity index (χ4n) is 1.82. The van der Waals surface area contributed by atoms with Crippen LogP contribution in [0.25, 0.3) is 0 Å². The first kappa shape index (κ1) is 13.2. The zero-order valence-corrected chi connectivity index (χ0v) is 11.0. The van der Waals surface area contributed by atoms with E-state index in [0.29, 0.717) is 6.10 Å². The van der Waals surface area contributed by atoms with Gasteiger partial charge >= 0.3 is 0 Å². The maximum atomic E-state index is 6.01. The van der Waals surface area contributed by atoms with Crippen molar-refractivity contribution in [2.24, 2.45) is 0 Å². The fourth-order valence-corrected chi connectivity index (χ4v) is 1.82. The van der Waals surface area contributed by atoms with Crippen molar-refractivity contribution >= 4 is 0 Å². The predicted octanol–water partition coefficient (Wildman–Crippen LogP) is 4.21. The first-order valence-corrected chi connectivity index (χ1v) is 6.23. The summed E-state index contributed by atoms with van der Waals surface area (Å²) in [6.45, 7) is 8.57. The number of hydrogen-bond acceptors (Lipinski definition) is 1. The van der Waals surface area contributed by atoms with Crippen molar-refractivity contribution in [1.29, 1.82) is 0 Å². The molecule has 0 amide bonds. The van der Waals surface area contributed by atoms with E-state index in [1.54, 1.807) is 0 Å². The number of benzene rings is 1. The van der Waals surface area contributed by atoms with E-state index in [1.807, 2.05) is 0 Å². The van der Waals surface area contributed by atoms with Gasteiger partial charge in [0.25, 0.3) is 0 Å². The van der Waals surface area contributed by atoms with E-state index >= 15 is 0 Å². The van der Waals surface area contributed by atoms with Gasteiger partial charge in [-0.1, -0.05) is 37.3 Å². The van der Waals surface area contributed by atoms with Crippen LogP contribution in [0.2, 0.25) is 0 Å². The van der Waals surface area contributed by atoms with Crippen LogP contribution in [0.4, 0.5) is 0 Å². The number of rotatable bonds is 5. The second-order valence-corrected chi connectivity index (χ2v) is 5.28. The van der Waals surface area contributed by atoms with E-state index in [0.717, 1.165) is 19.3 Å². The highest BCUT2D eigenvalue weighted by Gasteiger charge is 2.16. The molecule has 90 valence electrons. The number of aryl methyl sites for hydroxylation is 1. The van der Waals surface area contributed by atoms with Gasteiger partial charge in [-0.15, -0.1) is 0 Å². The Morgan fingerprint density at radius 2 is 1.75 bits per heavy atom. The van der Waals surface area contributed by atoms with Crippen LogP contribution in [0.3, 0.4) is 0 Å². The SMILES string of the molecule is CCC(CCc1ccccc1)OC(C)(C)C. The van der Waals surface area contributed by atoms with Gasteiger partial charge in [-0.25, -0.2) is 0 Å². The monoisotopic (exact) mass is 220 g/mol. The molecule has 1 atom stereocenters. The van der Waals surface area contributed by atoms with Crippen molar-refractivity contribution < 1.29 is 4.74 Å². The molecule has 0 aliphatic heterocycles. The Balaban J connectivity index is 2.40. The highest BCUT2D eigenvalue weighted by Crippen LogP contribution is 2.17. The minimum Gasteiger partial charge on any atom is -0.373 e. The molecule has 0 heterocycles. The predicted molar refractivity (Wildman–Crippen MR) is 69.7 cm³/mol. The molecule has 0 bridgehead atoms. The molecule has 1 nitrogen and oxygen atoms in total. The van der Waals surface area contributed by atoms with Crippen LogP contribution in [-0.2, 0) is 11.2 Å². The van der Waals surface area contributed by atoms with Gasteiger partial charge in [0, 0.05) is 0 Å². The summed E-state index contributed by atoms with van der Waals surface area (Å²) in [6.07, 6.45) is 3.68. The largest absolute Gasteiger partial charge is 0.373 e. The Bertz CT molecular complexity index is 284. The third kappa shape index (κ3) is 5.32. The third-order valence-corrected chi connectivity index (χ3v) is 2.57. The molecule has 0 aliphatic carbocycles. The van der Waals surface area contributed by atoms with Crippen molar-refractivity contribution in [1.82, 2.24) is 0 Å². The molecule has 0 aliphatic rings. The normalized spacial score (nSPS) is 13.8. The molecule has 1 aromatic rings. The first-order chi connectivity index (χ1) is 7.51. The van der Waals surface area contributed by atoms with Crippen LogP contribution in [0.1, 0.15) is 46.1 Å². The Morgan fingerprint density at radius 3 is 2.25 bits per heavy atom. The maximum Gasteiger partial charge on any atom is 0.0602 e. The van der Waals surface area contributed by atoms with Gasteiger partial charge in [0.05, 0.1) is 11.7 Å². The van der Waals surface area contributed by atoms with Crippen LogP contribution >= 0.6 is 0 Å². The van der Waals surface area contributed by atoms with Gasteiger partial charge in [0.1, 0.15) is 0 Å². The lowest BCUT2D eigenvalue weighted by Gasteiger charge is -2.27. The van der Waals surface area contributed by atoms with Crippen molar-refractivity contribution in [2.75, 3.05) is 0 Å². The number of ether oxygens (including phenoxy) is 1.